The number of carbonyl (C=O) groups is 1. The zero-order chi connectivity index (χ0) is 24.7. The minimum Gasteiger partial charge on any atom is -0.493 e. The van der Waals surface area contributed by atoms with Gasteiger partial charge in [0.15, 0.2) is 11.5 Å². The molecule has 3 aromatic rings. The van der Waals surface area contributed by atoms with E-state index < -0.39 is 15.9 Å². The molecular formula is C25H27ClN2O5S. The van der Waals surface area contributed by atoms with Gasteiger partial charge in [-0.15, -0.1) is 0 Å². The molecule has 0 radical (unpaired) electrons. The number of carbonyl (C=O) groups excluding carboxylic acids is 1. The summed E-state index contributed by atoms with van der Waals surface area (Å²) < 4.78 is 38.4. The van der Waals surface area contributed by atoms with Crippen molar-refractivity contribution < 1.29 is 22.7 Å². The third-order valence-corrected chi connectivity index (χ3v) is 7.40. The van der Waals surface area contributed by atoms with E-state index in [2.05, 4.69) is 5.32 Å². The fraction of sp³-hybridized carbons (Fsp3) is 0.240. The highest BCUT2D eigenvalue weighted by molar-refractivity contribution is 7.89. The second-order valence-corrected chi connectivity index (χ2v) is 9.99. The molecule has 0 bridgehead atoms. The van der Waals surface area contributed by atoms with Crippen LogP contribution >= 0.6 is 11.6 Å². The summed E-state index contributed by atoms with van der Waals surface area (Å²) in [7, 11) is -0.880. The minimum atomic E-state index is -3.95. The molecule has 0 heterocycles. The monoisotopic (exact) mass is 502 g/mol. The number of sulfonamides is 1. The van der Waals surface area contributed by atoms with Gasteiger partial charge in [0.05, 0.1) is 25.7 Å². The molecule has 0 aromatic heterocycles. The molecule has 3 rings (SSSR count). The zero-order valence-electron chi connectivity index (χ0n) is 19.2. The van der Waals surface area contributed by atoms with Crippen LogP contribution in [0, 0.1) is 6.92 Å². The average Bonchev–Trinajstić information content (AvgIpc) is 2.83. The number of aryl methyl sites for hydroxylation is 1. The van der Waals surface area contributed by atoms with Crippen LogP contribution in [0.15, 0.2) is 71.6 Å². The fourth-order valence-electron chi connectivity index (χ4n) is 3.31. The van der Waals surface area contributed by atoms with Crippen molar-refractivity contribution in [2.45, 2.75) is 24.9 Å². The first kappa shape index (κ1) is 25.6. The highest BCUT2D eigenvalue weighted by Crippen LogP contribution is 2.27. The Morgan fingerprint density at radius 1 is 0.971 bits per heavy atom. The molecule has 0 fully saturated rings. The third kappa shape index (κ3) is 6.28. The molecule has 1 N–H and O–H groups in total. The van der Waals surface area contributed by atoms with E-state index in [-0.39, 0.29) is 24.5 Å². The number of nitrogens with one attached hydrogen (secondary N) is 1. The number of amides is 1. The Labute approximate surface area is 205 Å². The van der Waals surface area contributed by atoms with Crippen LogP contribution < -0.4 is 14.8 Å². The highest BCUT2D eigenvalue weighted by atomic mass is 35.5. The summed E-state index contributed by atoms with van der Waals surface area (Å²) in [5, 5.41) is 3.20. The molecule has 0 aliphatic heterocycles. The van der Waals surface area contributed by atoms with Crippen molar-refractivity contribution in [3.05, 3.63) is 88.4 Å². The summed E-state index contributed by atoms with van der Waals surface area (Å²) in [4.78, 5) is 12.9. The van der Waals surface area contributed by atoms with E-state index in [1.165, 1.54) is 19.2 Å². The van der Waals surface area contributed by atoms with E-state index in [4.69, 9.17) is 21.1 Å². The van der Waals surface area contributed by atoms with Crippen LogP contribution in [0.4, 0.5) is 0 Å². The molecule has 9 heteroatoms. The topological polar surface area (TPSA) is 84.9 Å². The maximum Gasteiger partial charge on any atom is 0.243 e. The van der Waals surface area contributed by atoms with Crippen molar-refractivity contribution in [2.24, 2.45) is 0 Å². The first-order valence-corrected chi connectivity index (χ1v) is 12.3. The van der Waals surface area contributed by atoms with E-state index in [1.807, 2.05) is 6.92 Å². The van der Waals surface area contributed by atoms with E-state index in [0.29, 0.717) is 22.1 Å². The smallest absolute Gasteiger partial charge is 0.243 e. The van der Waals surface area contributed by atoms with Gasteiger partial charge < -0.3 is 14.8 Å². The van der Waals surface area contributed by atoms with Crippen molar-refractivity contribution >= 4 is 27.5 Å². The number of nitrogens with zero attached hydrogens (tertiary/aromatic N) is 1. The maximum absolute atomic E-state index is 13.4. The summed E-state index contributed by atoms with van der Waals surface area (Å²) in [6.45, 7) is 1.66. The summed E-state index contributed by atoms with van der Waals surface area (Å²) >= 11 is 6.27. The van der Waals surface area contributed by atoms with E-state index >= 15 is 0 Å². The summed E-state index contributed by atoms with van der Waals surface area (Å²) in [6.07, 6.45) is 0. The van der Waals surface area contributed by atoms with Crippen LogP contribution in [0.2, 0.25) is 5.02 Å². The molecule has 0 saturated heterocycles. The minimum absolute atomic E-state index is 0.0420. The van der Waals surface area contributed by atoms with Crippen molar-refractivity contribution in [1.82, 2.24) is 9.62 Å². The lowest BCUT2D eigenvalue weighted by molar-refractivity contribution is -0.121. The van der Waals surface area contributed by atoms with Gasteiger partial charge in [0, 0.05) is 18.1 Å². The van der Waals surface area contributed by atoms with Gasteiger partial charge in [0.1, 0.15) is 0 Å². The maximum atomic E-state index is 13.4. The molecule has 0 atom stereocenters. The SMILES string of the molecule is COc1ccc(CNC(=O)CN(Cc2ccccc2Cl)S(=O)(=O)c2ccc(C)cc2)cc1OC. The fourth-order valence-corrected chi connectivity index (χ4v) is 4.88. The Morgan fingerprint density at radius 3 is 2.29 bits per heavy atom. The molecule has 34 heavy (non-hydrogen) atoms. The molecule has 7 nitrogen and oxygen atoms in total. The van der Waals surface area contributed by atoms with Crippen LogP contribution in [0.25, 0.3) is 0 Å². The van der Waals surface area contributed by atoms with Crippen LogP contribution in [0.5, 0.6) is 11.5 Å². The number of hydrogen-bond acceptors (Lipinski definition) is 5. The lowest BCUT2D eigenvalue weighted by atomic mass is 10.2. The molecule has 180 valence electrons. The average molecular weight is 503 g/mol. The Bertz CT molecular complexity index is 1250. The van der Waals surface area contributed by atoms with Crippen molar-refractivity contribution in [2.75, 3.05) is 20.8 Å². The molecule has 0 spiro atoms. The first-order valence-electron chi connectivity index (χ1n) is 10.5. The summed E-state index contributed by atoms with van der Waals surface area (Å²) in [5.41, 5.74) is 2.32. The molecule has 0 aliphatic rings. The van der Waals surface area contributed by atoms with Crippen LogP contribution in [-0.2, 0) is 27.9 Å². The highest BCUT2D eigenvalue weighted by Gasteiger charge is 2.27. The van der Waals surface area contributed by atoms with Crippen LogP contribution in [0.1, 0.15) is 16.7 Å². The largest absolute Gasteiger partial charge is 0.493 e. The lowest BCUT2D eigenvalue weighted by Gasteiger charge is -2.22. The standard InChI is InChI=1S/C25H27ClN2O5S/c1-18-8-11-21(12-9-18)34(30,31)28(16-20-6-4-5-7-22(20)26)17-25(29)27-15-19-10-13-23(32-2)24(14-19)33-3/h4-14H,15-17H2,1-3H3,(H,27,29). The normalized spacial score (nSPS) is 11.3. The van der Waals surface area contributed by atoms with Crippen LogP contribution in [0.3, 0.4) is 0 Å². The number of rotatable bonds is 10. The number of hydrogen-bond donors (Lipinski definition) is 1. The summed E-state index contributed by atoms with van der Waals surface area (Å²) in [5.74, 6) is 0.668. The number of benzene rings is 3. The quantitative estimate of drug-likeness (QED) is 0.449. The third-order valence-electron chi connectivity index (χ3n) is 5.22. The number of halogens is 1. The van der Waals surface area contributed by atoms with Gasteiger partial charge in [-0.3, -0.25) is 4.79 Å². The molecule has 0 saturated carbocycles. The number of methoxy groups -OCH3 is 2. The number of ether oxygens (including phenoxy) is 2. The molecule has 1 amide bonds. The van der Waals surface area contributed by atoms with E-state index in [9.17, 15) is 13.2 Å². The molecule has 0 aliphatic carbocycles. The van der Waals surface area contributed by atoms with Gasteiger partial charge in [-0.2, -0.15) is 4.31 Å². The Hall–Kier alpha value is -3.07. The van der Waals surface area contributed by atoms with Gasteiger partial charge in [0.25, 0.3) is 0 Å². The van der Waals surface area contributed by atoms with Crippen molar-refractivity contribution in [1.29, 1.82) is 0 Å². The van der Waals surface area contributed by atoms with Crippen molar-refractivity contribution in [3.8, 4) is 11.5 Å². The Balaban J connectivity index is 1.80. The van der Waals surface area contributed by atoms with Gasteiger partial charge in [-0.05, 0) is 48.4 Å². The molecular weight excluding hydrogens is 476 g/mol. The Kier molecular flexibility index (Phi) is 8.55. The second-order valence-electron chi connectivity index (χ2n) is 7.64. The zero-order valence-corrected chi connectivity index (χ0v) is 20.8. The van der Waals surface area contributed by atoms with E-state index in [1.54, 1.807) is 61.7 Å². The lowest BCUT2D eigenvalue weighted by Crippen LogP contribution is -2.40. The predicted molar refractivity (Wildman–Crippen MR) is 132 cm³/mol. The predicted octanol–water partition coefficient (Wildman–Crippen LogP) is 4.17. The van der Waals surface area contributed by atoms with Gasteiger partial charge >= 0.3 is 0 Å². The Morgan fingerprint density at radius 2 is 1.65 bits per heavy atom. The summed E-state index contributed by atoms with van der Waals surface area (Å²) in [6, 6.07) is 18.8. The van der Waals surface area contributed by atoms with Gasteiger partial charge in [-0.1, -0.05) is 53.6 Å². The molecule has 0 unspecified atom stereocenters. The van der Waals surface area contributed by atoms with Gasteiger partial charge in [-0.25, -0.2) is 8.42 Å². The van der Waals surface area contributed by atoms with E-state index in [0.717, 1.165) is 15.4 Å². The second kappa shape index (κ2) is 11.4. The first-order chi connectivity index (χ1) is 16.2. The van der Waals surface area contributed by atoms with Crippen molar-refractivity contribution in [3.63, 3.8) is 0 Å². The molecule has 3 aromatic carbocycles. The van der Waals surface area contributed by atoms with Gasteiger partial charge in [0.2, 0.25) is 15.9 Å². The van der Waals surface area contributed by atoms with Crippen LogP contribution in [-0.4, -0.2) is 39.4 Å².